The van der Waals surface area contributed by atoms with Gasteiger partial charge in [-0.3, -0.25) is 24.6 Å². The number of anilines is 3. The van der Waals surface area contributed by atoms with E-state index in [4.69, 9.17) is 0 Å². The lowest BCUT2D eigenvalue weighted by Gasteiger charge is -2.21. The average molecular weight is 448 g/mol. The summed E-state index contributed by atoms with van der Waals surface area (Å²) in [6.07, 6.45) is 0.617. The van der Waals surface area contributed by atoms with Crippen LogP contribution in [0.1, 0.15) is 40.9 Å². The van der Waals surface area contributed by atoms with E-state index < -0.39 is 22.8 Å². The molecule has 0 unspecified atom stereocenters. The van der Waals surface area contributed by atoms with Gasteiger partial charge in [-0.05, 0) is 24.1 Å². The number of aromatic nitrogens is 2. The number of amides is 1. The molecule has 0 fully saturated rings. The van der Waals surface area contributed by atoms with Crippen molar-refractivity contribution in [3.8, 4) is 11.8 Å². The second-order valence-corrected chi connectivity index (χ2v) is 7.53. The SMILES string of the molecule is CC[C@@H](Nc1c(Nc2cc(C#N)cc(C(=O)N(C)C)c2O)c(=O)[nH][nH]c1=O)c1ccccc1. The molecule has 0 bridgehead atoms. The van der Waals surface area contributed by atoms with Gasteiger partial charge in [0.15, 0.2) is 5.75 Å². The number of benzene rings is 2. The summed E-state index contributed by atoms with van der Waals surface area (Å²) in [6, 6.07) is 13.6. The molecular weight excluding hydrogens is 424 g/mol. The summed E-state index contributed by atoms with van der Waals surface area (Å²) in [5, 5.41) is 30.5. The summed E-state index contributed by atoms with van der Waals surface area (Å²) in [5.41, 5.74) is -0.641. The highest BCUT2D eigenvalue weighted by atomic mass is 16.3. The first-order valence-electron chi connectivity index (χ1n) is 10.2. The number of nitrogens with one attached hydrogen (secondary N) is 4. The van der Waals surface area contributed by atoms with E-state index in [1.165, 1.54) is 31.1 Å². The van der Waals surface area contributed by atoms with E-state index in [1.807, 2.05) is 43.3 Å². The maximum atomic E-state index is 12.6. The molecule has 1 heterocycles. The second kappa shape index (κ2) is 9.74. The number of phenolic OH excluding ortho intramolecular Hbond substituents is 1. The van der Waals surface area contributed by atoms with E-state index in [0.29, 0.717) is 6.42 Å². The topological polar surface area (TPSA) is 154 Å². The summed E-state index contributed by atoms with van der Waals surface area (Å²) in [5.74, 6) is -0.977. The van der Waals surface area contributed by atoms with Crippen molar-refractivity contribution in [2.24, 2.45) is 0 Å². The molecule has 2 aromatic carbocycles. The standard InChI is InChI=1S/C23H24N6O4/c1-4-16(14-8-6-5-7-9-14)25-18-19(22(32)28-27-21(18)31)26-17-11-13(12-24)10-15(20(17)30)23(33)29(2)3/h5-11,16,30H,4H2,1-3H3,(H2,25,28,32)(H2,26,27,31)/t16-/m1/s1. The van der Waals surface area contributed by atoms with Crippen LogP contribution >= 0.6 is 0 Å². The van der Waals surface area contributed by atoms with Gasteiger partial charge in [0.25, 0.3) is 17.0 Å². The number of nitrogens with zero attached hydrogens (tertiary/aromatic N) is 2. The van der Waals surface area contributed by atoms with Crippen molar-refractivity contribution in [3.63, 3.8) is 0 Å². The molecule has 0 aliphatic carbocycles. The van der Waals surface area contributed by atoms with Crippen LogP contribution in [-0.4, -0.2) is 40.2 Å². The summed E-state index contributed by atoms with van der Waals surface area (Å²) in [7, 11) is 3.01. The summed E-state index contributed by atoms with van der Waals surface area (Å²) >= 11 is 0. The van der Waals surface area contributed by atoms with E-state index in [9.17, 15) is 24.8 Å². The van der Waals surface area contributed by atoms with Crippen LogP contribution in [0.15, 0.2) is 52.1 Å². The van der Waals surface area contributed by atoms with Crippen molar-refractivity contribution in [2.45, 2.75) is 19.4 Å². The van der Waals surface area contributed by atoms with Crippen molar-refractivity contribution in [2.75, 3.05) is 24.7 Å². The van der Waals surface area contributed by atoms with Crippen molar-refractivity contribution in [1.29, 1.82) is 5.26 Å². The minimum absolute atomic E-state index is 0.0447. The Morgan fingerprint density at radius 3 is 2.33 bits per heavy atom. The van der Waals surface area contributed by atoms with Crippen LogP contribution in [0, 0.1) is 11.3 Å². The lowest BCUT2D eigenvalue weighted by atomic mass is 10.0. The Morgan fingerprint density at radius 1 is 1.12 bits per heavy atom. The van der Waals surface area contributed by atoms with E-state index >= 15 is 0 Å². The number of aromatic hydroxyl groups is 1. The molecule has 1 atom stereocenters. The Bertz CT molecular complexity index is 1320. The van der Waals surface area contributed by atoms with E-state index in [0.717, 1.165) is 5.56 Å². The van der Waals surface area contributed by atoms with Crippen LogP contribution in [0.25, 0.3) is 0 Å². The maximum absolute atomic E-state index is 12.6. The van der Waals surface area contributed by atoms with E-state index in [2.05, 4.69) is 20.8 Å². The number of nitriles is 1. The molecule has 0 aliphatic heterocycles. The minimum atomic E-state index is -0.665. The minimum Gasteiger partial charge on any atom is -0.505 e. The molecule has 10 nitrogen and oxygen atoms in total. The van der Waals surface area contributed by atoms with Crippen LogP contribution < -0.4 is 21.8 Å². The zero-order chi connectivity index (χ0) is 24.1. The van der Waals surface area contributed by atoms with Gasteiger partial charge >= 0.3 is 0 Å². The van der Waals surface area contributed by atoms with Crippen LogP contribution in [0.2, 0.25) is 0 Å². The number of phenols is 1. The molecule has 10 heteroatoms. The highest BCUT2D eigenvalue weighted by Crippen LogP contribution is 2.33. The zero-order valence-electron chi connectivity index (χ0n) is 18.4. The molecule has 0 saturated carbocycles. The van der Waals surface area contributed by atoms with Crippen LogP contribution in [-0.2, 0) is 0 Å². The van der Waals surface area contributed by atoms with Crippen LogP contribution in [0.5, 0.6) is 5.75 Å². The lowest BCUT2D eigenvalue weighted by molar-refractivity contribution is 0.0824. The third kappa shape index (κ3) is 4.88. The Morgan fingerprint density at radius 2 is 1.76 bits per heavy atom. The number of carbonyl (C=O) groups excluding carboxylic acids is 1. The third-order valence-electron chi connectivity index (χ3n) is 5.06. The summed E-state index contributed by atoms with van der Waals surface area (Å²) in [6.45, 7) is 1.93. The van der Waals surface area contributed by atoms with Gasteiger partial charge in [-0.2, -0.15) is 5.26 Å². The third-order valence-corrected chi connectivity index (χ3v) is 5.06. The predicted molar refractivity (Wildman–Crippen MR) is 125 cm³/mol. The Hall–Kier alpha value is -4.52. The Balaban J connectivity index is 2.11. The van der Waals surface area contributed by atoms with Gasteiger partial charge in [0.05, 0.1) is 28.9 Å². The van der Waals surface area contributed by atoms with E-state index in [1.54, 1.807) is 0 Å². The number of hydrogen-bond donors (Lipinski definition) is 5. The van der Waals surface area contributed by atoms with Gasteiger partial charge in [-0.1, -0.05) is 37.3 Å². The van der Waals surface area contributed by atoms with Gasteiger partial charge in [-0.25, -0.2) is 0 Å². The highest BCUT2D eigenvalue weighted by Gasteiger charge is 2.22. The molecule has 0 radical (unpaired) electrons. The molecule has 5 N–H and O–H groups in total. The second-order valence-electron chi connectivity index (χ2n) is 7.53. The lowest BCUT2D eigenvalue weighted by Crippen LogP contribution is -2.27. The quantitative estimate of drug-likeness (QED) is 0.348. The van der Waals surface area contributed by atoms with Crippen LogP contribution in [0.4, 0.5) is 17.1 Å². The molecule has 33 heavy (non-hydrogen) atoms. The molecule has 1 amide bonds. The monoisotopic (exact) mass is 448 g/mol. The number of H-pyrrole nitrogens is 2. The van der Waals surface area contributed by atoms with Gasteiger partial charge in [0, 0.05) is 14.1 Å². The molecule has 170 valence electrons. The largest absolute Gasteiger partial charge is 0.505 e. The first-order chi connectivity index (χ1) is 15.8. The van der Waals surface area contributed by atoms with E-state index in [-0.39, 0.29) is 34.2 Å². The van der Waals surface area contributed by atoms with Gasteiger partial charge in [-0.15, -0.1) is 0 Å². The number of hydrogen-bond acceptors (Lipinski definition) is 7. The van der Waals surface area contributed by atoms with Crippen molar-refractivity contribution in [1.82, 2.24) is 15.1 Å². The smallest absolute Gasteiger partial charge is 0.288 e. The fourth-order valence-electron chi connectivity index (χ4n) is 3.34. The van der Waals surface area contributed by atoms with Crippen molar-refractivity contribution in [3.05, 3.63) is 79.9 Å². The molecule has 1 aromatic heterocycles. The normalized spacial score (nSPS) is 11.3. The van der Waals surface area contributed by atoms with Gasteiger partial charge in [0.1, 0.15) is 11.4 Å². The first-order valence-corrected chi connectivity index (χ1v) is 10.2. The summed E-state index contributed by atoms with van der Waals surface area (Å²) in [4.78, 5) is 39.0. The Kier molecular flexibility index (Phi) is 6.83. The number of aromatic amines is 2. The molecule has 3 rings (SSSR count). The van der Waals surface area contributed by atoms with Gasteiger partial charge in [0.2, 0.25) is 0 Å². The van der Waals surface area contributed by atoms with Crippen molar-refractivity contribution < 1.29 is 9.90 Å². The molecular formula is C23H24N6O4. The highest BCUT2D eigenvalue weighted by molar-refractivity contribution is 5.99. The molecule has 0 saturated heterocycles. The first kappa shape index (κ1) is 23.1. The predicted octanol–water partition coefficient (Wildman–Crippen LogP) is 2.65. The Labute approximate surface area is 189 Å². The summed E-state index contributed by atoms with van der Waals surface area (Å²) < 4.78 is 0. The van der Waals surface area contributed by atoms with Gasteiger partial charge < -0.3 is 20.6 Å². The molecule has 0 spiro atoms. The molecule has 3 aromatic rings. The number of rotatable bonds is 7. The number of carbonyl (C=O) groups is 1. The maximum Gasteiger partial charge on any atom is 0.288 e. The zero-order valence-corrected chi connectivity index (χ0v) is 18.4. The fourth-order valence-corrected chi connectivity index (χ4v) is 3.34. The fraction of sp³-hybridized carbons (Fsp3) is 0.217. The molecule has 0 aliphatic rings. The average Bonchev–Trinajstić information content (AvgIpc) is 2.82. The van der Waals surface area contributed by atoms with Crippen LogP contribution in [0.3, 0.4) is 0 Å². The van der Waals surface area contributed by atoms with Crippen molar-refractivity contribution >= 4 is 23.0 Å².